The van der Waals surface area contributed by atoms with Crippen LogP contribution in [0.25, 0.3) is 0 Å². The topological polar surface area (TPSA) is 37.4 Å². The largest absolute Gasteiger partial charge is 0.390 e. The summed E-state index contributed by atoms with van der Waals surface area (Å²) in [6.45, 7) is 2.81. The summed E-state index contributed by atoms with van der Waals surface area (Å²) in [6.07, 6.45) is -5.48. The molecule has 0 N–H and O–H groups in total. The fourth-order valence-electron chi connectivity index (χ4n) is 2.21. The summed E-state index contributed by atoms with van der Waals surface area (Å²) >= 11 is 0. The highest BCUT2D eigenvalue weighted by molar-refractivity contribution is 6.52. The zero-order valence-electron chi connectivity index (χ0n) is 10.5. The molecule has 102 valence electrons. The molecule has 0 saturated carbocycles. The molecule has 1 aliphatic rings. The molecule has 0 spiro atoms. The number of anilines is 1. The van der Waals surface area contributed by atoms with Crippen molar-refractivity contribution in [2.24, 2.45) is 0 Å². The molecule has 0 radical (unpaired) electrons. The van der Waals surface area contributed by atoms with Gasteiger partial charge in [0.1, 0.15) is 0 Å². The summed E-state index contributed by atoms with van der Waals surface area (Å²) in [4.78, 5) is 24.6. The van der Waals surface area contributed by atoms with Crippen molar-refractivity contribution >= 4 is 17.4 Å². The second kappa shape index (κ2) is 4.36. The van der Waals surface area contributed by atoms with E-state index in [4.69, 9.17) is 0 Å². The molecular formula is C13H12F3NO2. The lowest BCUT2D eigenvalue weighted by atomic mass is 10.0. The molecule has 0 saturated heterocycles. The van der Waals surface area contributed by atoms with Crippen LogP contribution in [0.2, 0.25) is 0 Å². The lowest BCUT2D eigenvalue weighted by Crippen LogP contribution is -2.33. The van der Waals surface area contributed by atoms with E-state index in [9.17, 15) is 22.8 Å². The Bertz CT molecular complexity index is 564. The molecule has 0 unspecified atom stereocenters. The first-order valence-corrected chi connectivity index (χ1v) is 5.75. The Morgan fingerprint density at radius 2 is 1.68 bits per heavy atom. The third-order valence-electron chi connectivity index (χ3n) is 3.14. The van der Waals surface area contributed by atoms with E-state index in [1.165, 1.54) is 0 Å². The zero-order chi connectivity index (χ0) is 14.4. The van der Waals surface area contributed by atoms with Crippen LogP contribution in [0.1, 0.15) is 27.9 Å². The highest BCUT2D eigenvalue weighted by Crippen LogP contribution is 2.35. The van der Waals surface area contributed by atoms with E-state index in [1.807, 2.05) is 0 Å². The molecule has 1 amide bonds. The van der Waals surface area contributed by atoms with Crippen LogP contribution in [0.3, 0.4) is 0 Å². The lowest BCUT2D eigenvalue weighted by Gasteiger charge is -2.19. The molecule has 0 aliphatic carbocycles. The minimum atomic E-state index is -4.36. The highest BCUT2D eigenvalue weighted by Gasteiger charge is 2.40. The summed E-state index contributed by atoms with van der Waals surface area (Å²) in [5, 5.41) is 0. The van der Waals surface area contributed by atoms with Crippen LogP contribution in [0.15, 0.2) is 12.1 Å². The van der Waals surface area contributed by atoms with Gasteiger partial charge in [0.15, 0.2) is 0 Å². The van der Waals surface area contributed by atoms with Gasteiger partial charge in [-0.05, 0) is 25.0 Å². The fraction of sp³-hybridized carbons (Fsp3) is 0.385. The van der Waals surface area contributed by atoms with Crippen molar-refractivity contribution in [2.45, 2.75) is 26.4 Å². The van der Waals surface area contributed by atoms with E-state index < -0.39 is 30.8 Å². The summed E-state index contributed by atoms with van der Waals surface area (Å²) in [5.74, 6) is -1.60. The molecule has 6 heteroatoms. The molecule has 3 nitrogen and oxygen atoms in total. The van der Waals surface area contributed by atoms with Crippen molar-refractivity contribution < 1.29 is 22.8 Å². The number of amides is 1. The van der Waals surface area contributed by atoms with Gasteiger partial charge >= 0.3 is 6.18 Å². The third kappa shape index (κ3) is 2.34. The number of carbonyl (C=O) groups is 2. The molecule has 1 aromatic rings. The van der Waals surface area contributed by atoms with Gasteiger partial charge < -0.3 is 4.90 Å². The minimum Gasteiger partial charge on any atom is -0.304 e. The predicted octanol–water partition coefficient (Wildman–Crippen LogP) is 2.79. The average Bonchev–Trinajstić information content (AvgIpc) is 2.55. The van der Waals surface area contributed by atoms with Gasteiger partial charge in [-0.2, -0.15) is 13.2 Å². The molecule has 1 aromatic carbocycles. The van der Waals surface area contributed by atoms with Gasteiger partial charge in [0.05, 0.1) is 17.7 Å². The number of fused-ring (bicyclic) bond motifs is 1. The lowest BCUT2D eigenvalue weighted by molar-refractivity contribution is -0.133. The smallest absolute Gasteiger partial charge is 0.304 e. The molecule has 19 heavy (non-hydrogen) atoms. The molecule has 0 bridgehead atoms. The first-order chi connectivity index (χ1) is 8.72. The standard InChI is InChI=1S/C13H12F3NO2/c1-7-3-4-8(2)10-9(7)11(18)12(19)17(10)6-5-13(14,15)16/h3-4H,5-6H2,1-2H3. The second-order valence-corrected chi connectivity index (χ2v) is 4.57. The first kappa shape index (κ1) is 13.6. The number of halogens is 3. The van der Waals surface area contributed by atoms with E-state index in [0.29, 0.717) is 16.8 Å². The molecule has 0 aromatic heterocycles. The summed E-state index contributed by atoms with van der Waals surface area (Å²) in [7, 11) is 0. The minimum absolute atomic E-state index is 0.229. The number of alkyl halides is 3. The van der Waals surface area contributed by atoms with Gasteiger partial charge in [0.2, 0.25) is 0 Å². The van der Waals surface area contributed by atoms with E-state index >= 15 is 0 Å². The number of hydrogen-bond acceptors (Lipinski definition) is 2. The van der Waals surface area contributed by atoms with E-state index in [-0.39, 0.29) is 5.56 Å². The number of Topliss-reactive ketones (excluding diaryl/α,β-unsaturated/α-hetero) is 1. The Morgan fingerprint density at radius 1 is 1.11 bits per heavy atom. The Labute approximate surface area is 108 Å². The highest BCUT2D eigenvalue weighted by atomic mass is 19.4. The van der Waals surface area contributed by atoms with Gasteiger partial charge in [0, 0.05) is 6.54 Å². The van der Waals surface area contributed by atoms with Crippen LogP contribution in [-0.4, -0.2) is 24.4 Å². The van der Waals surface area contributed by atoms with Crippen molar-refractivity contribution in [3.63, 3.8) is 0 Å². The van der Waals surface area contributed by atoms with Crippen LogP contribution in [-0.2, 0) is 4.79 Å². The van der Waals surface area contributed by atoms with E-state index in [2.05, 4.69) is 0 Å². The number of ketones is 1. The zero-order valence-corrected chi connectivity index (χ0v) is 10.5. The van der Waals surface area contributed by atoms with Crippen molar-refractivity contribution in [2.75, 3.05) is 11.4 Å². The maximum Gasteiger partial charge on any atom is 0.390 e. The summed E-state index contributed by atoms with van der Waals surface area (Å²) in [6, 6.07) is 3.38. The molecule has 1 aliphatic heterocycles. The monoisotopic (exact) mass is 271 g/mol. The molecule has 1 heterocycles. The van der Waals surface area contributed by atoms with Gasteiger partial charge in [-0.15, -0.1) is 0 Å². The Balaban J connectivity index is 2.42. The average molecular weight is 271 g/mol. The van der Waals surface area contributed by atoms with Crippen molar-refractivity contribution in [1.82, 2.24) is 0 Å². The Morgan fingerprint density at radius 3 is 2.26 bits per heavy atom. The predicted molar refractivity (Wildman–Crippen MR) is 63.3 cm³/mol. The second-order valence-electron chi connectivity index (χ2n) is 4.57. The van der Waals surface area contributed by atoms with E-state index in [0.717, 1.165) is 4.90 Å². The summed E-state index contributed by atoms with van der Waals surface area (Å²) in [5.41, 5.74) is 1.78. The number of nitrogens with zero attached hydrogens (tertiary/aromatic N) is 1. The van der Waals surface area contributed by atoms with E-state index in [1.54, 1.807) is 26.0 Å². The number of rotatable bonds is 2. The Kier molecular flexibility index (Phi) is 3.12. The van der Waals surface area contributed by atoms with Crippen molar-refractivity contribution in [3.05, 3.63) is 28.8 Å². The normalized spacial score (nSPS) is 15.1. The number of aryl methyl sites for hydroxylation is 2. The maximum atomic E-state index is 12.3. The maximum absolute atomic E-state index is 12.3. The third-order valence-corrected chi connectivity index (χ3v) is 3.14. The number of carbonyl (C=O) groups excluding carboxylic acids is 2. The van der Waals surface area contributed by atoms with Gasteiger partial charge in [-0.25, -0.2) is 0 Å². The quantitative estimate of drug-likeness (QED) is 0.776. The van der Waals surface area contributed by atoms with Crippen LogP contribution < -0.4 is 4.90 Å². The SMILES string of the molecule is Cc1ccc(C)c2c1C(=O)C(=O)N2CCC(F)(F)F. The molecule has 0 atom stereocenters. The van der Waals surface area contributed by atoms with Crippen molar-refractivity contribution in [1.29, 1.82) is 0 Å². The van der Waals surface area contributed by atoms with Gasteiger partial charge in [-0.3, -0.25) is 9.59 Å². The van der Waals surface area contributed by atoms with Crippen LogP contribution >= 0.6 is 0 Å². The molecule has 2 rings (SSSR count). The molecule has 0 fully saturated rings. The van der Waals surface area contributed by atoms with Gasteiger partial charge in [-0.1, -0.05) is 12.1 Å². The van der Waals surface area contributed by atoms with Crippen molar-refractivity contribution in [3.8, 4) is 0 Å². The van der Waals surface area contributed by atoms with Crippen LogP contribution in [0.5, 0.6) is 0 Å². The fourth-order valence-corrected chi connectivity index (χ4v) is 2.21. The number of hydrogen-bond donors (Lipinski definition) is 0. The summed E-state index contributed by atoms with van der Waals surface area (Å²) < 4.78 is 36.8. The molecular weight excluding hydrogens is 259 g/mol. The first-order valence-electron chi connectivity index (χ1n) is 5.75. The van der Waals surface area contributed by atoms with Gasteiger partial charge in [0.25, 0.3) is 11.7 Å². The Hall–Kier alpha value is -1.85. The van der Waals surface area contributed by atoms with Crippen LogP contribution in [0, 0.1) is 13.8 Å². The number of benzene rings is 1. The van der Waals surface area contributed by atoms with Crippen LogP contribution in [0.4, 0.5) is 18.9 Å².